The minimum absolute atomic E-state index is 0.0690. The Bertz CT molecular complexity index is 780. The first-order valence-corrected chi connectivity index (χ1v) is 24.6. The van der Waals surface area contributed by atoms with E-state index in [0.717, 1.165) is 32.1 Å². The summed E-state index contributed by atoms with van der Waals surface area (Å²) in [4.78, 5) is 12.4. The first kappa shape index (κ1) is 52.9. The van der Waals surface area contributed by atoms with Crippen LogP contribution in [0.25, 0.3) is 0 Å². The van der Waals surface area contributed by atoms with Gasteiger partial charge in [0, 0.05) is 6.42 Å². The topological polar surface area (TPSA) is 69.6 Å². The Morgan fingerprint density at radius 1 is 0.426 bits per heavy atom. The summed E-state index contributed by atoms with van der Waals surface area (Å²) in [5.41, 5.74) is 0. The fraction of sp³-hybridized carbons (Fsp3) is 0.900. The van der Waals surface area contributed by atoms with Gasteiger partial charge in [-0.2, -0.15) is 0 Å². The van der Waals surface area contributed by atoms with Gasteiger partial charge in [-0.3, -0.25) is 4.79 Å². The smallest absolute Gasteiger partial charge is 0.220 e. The maximum atomic E-state index is 12.4. The van der Waals surface area contributed by atoms with E-state index in [1.165, 1.54) is 218 Å². The molecule has 0 aromatic heterocycles. The predicted octanol–water partition coefficient (Wildman–Crippen LogP) is 15.6. The Hall–Kier alpha value is -1.13. The minimum Gasteiger partial charge on any atom is -0.394 e. The zero-order valence-electron chi connectivity index (χ0n) is 36.8. The van der Waals surface area contributed by atoms with Gasteiger partial charge in [0.25, 0.3) is 0 Å². The Morgan fingerprint density at radius 3 is 1.02 bits per heavy atom. The van der Waals surface area contributed by atoms with Gasteiger partial charge in [-0.1, -0.05) is 244 Å². The van der Waals surface area contributed by atoms with Crippen LogP contribution in [-0.4, -0.2) is 34.9 Å². The van der Waals surface area contributed by atoms with Gasteiger partial charge in [0.2, 0.25) is 5.91 Å². The first-order chi connectivity index (χ1) is 26.7. The molecule has 0 rings (SSSR count). The third-order valence-corrected chi connectivity index (χ3v) is 11.4. The summed E-state index contributed by atoms with van der Waals surface area (Å²) in [7, 11) is 0. The molecule has 0 aromatic rings. The lowest BCUT2D eigenvalue weighted by molar-refractivity contribution is -0.123. The summed E-state index contributed by atoms with van der Waals surface area (Å²) < 4.78 is 0. The molecule has 0 saturated heterocycles. The van der Waals surface area contributed by atoms with Crippen molar-refractivity contribution in [3.8, 4) is 0 Å². The molecular weight excluding hydrogens is 663 g/mol. The lowest BCUT2D eigenvalue weighted by Gasteiger charge is -2.20. The van der Waals surface area contributed by atoms with Crippen LogP contribution in [0, 0.1) is 0 Å². The number of hydrogen-bond donors (Lipinski definition) is 3. The molecule has 2 unspecified atom stereocenters. The molecule has 0 heterocycles. The predicted molar refractivity (Wildman–Crippen MR) is 239 cm³/mol. The van der Waals surface area contributed by atoms with E-state index < -0.39 is 12.1 Å². The van der Waals surface area contributed by atoms with Crippen LogP contribution >= 0.6 is 0 Å². The number of nitrogens with one attached hydrogen (secondary N) is 1. The minimum atomic E-state index is -0.841. The average molecular weight is 760 g/mol. The van der Waals surface area contributed by atoms with Gasteiger partial charge in [0.1, 0.15) is 0 Å². The van der Waals surface area contributed by atoms with Crippen LogP contribution in [0.3, 0.4) is 0 Å². The maximum absolute atomic E-state index is 12.4. The number of aliphatic hydroxyl groups is 2. The number of carbonyl (C=O) groups is 1. The van der Waals surface area contributed by atoms with Crippen LogP contribution in [0.15, 0.2) is 24.3 Å². The second-order valence-corrected chi connectivity index (χ2v) is 16.9. The Kier molecular flexibility index (Phi) is 45.3. The average Bonchev–Trinajstić information content (AvgIpc) is 3.18. The molecule has 1 amide bonds. The second kappa shape index (κ2) is 46.3. The molecule has 320 valence electrons. The van der Waals surface area contributed by atoms with Crippen molar-refractivity contribution in [2.75, 3.05) is 6.61 Å². The molecule has 54 heavy (non-hydrogen) atoms. The number of unbranched alkanes of at least 4 members (excludes halogenated alkanes) is 36. The molecule has 0 aliphatic carbocycles. The van der Waals surface area contributed by atoms with E-state index in [1.807, 2.05) is 6.08 Å². The van der Waals surface area contributed by atoms with Crippen molar-refractivity contribution >= 4 is 5.91 Å². The number of amides is 1. The highest BCUT2D eigenvalue weighted by atomic mass is 16.3. The van der Waals surface area contributed by atoms with Gasteiger partial charge in [-0.15, -0.1) is 0 Å². The van der Waals surface area contributed by atoms with Gasteiger partial charge in [-0.05, 0) is 44.9 Å². The second-order valence-electron chi connectivity index (χ2n) is 16.9. The fourth-order valence-electron chi connectivity index (χ4n) is 7.65. The van der Waals surface area contributed by atoms with Crippen LogP contribution in [-0.2, 0) is 4.79 Å². The van der Waals surface area contributed by atoms with Crippen LogP contribution in [0.4, 0.5) is 0 Å². The van der Waals surface area contributed by atoms with E-state index in [1.54, 1.807) is 6.08 Å². The van der Waals surface area contributed by atoms with Crippen LogP contribution in [0.2, 0.25) is 0 Å². The Labute approximate surface area is 339 Å². The SMILES string of the molecule is CCCCCCCCCCC/C=C\CCCCCCCC(=O)NC(CO)C(O)/C=C/CCCCCCCCCCCCCCCCCCCCCCCC. The molecular formula is C50H97NO3. The van der Waals surface area contributed by atoms with Crippen molar-refractivity contribution in [2.45, 2.75) is 283 Å². The first-order valence-electron chi connectivity index (χ1n) is 24.6. The van der Waals surface area contributed by atoms with E-state index >= 15 is 0 Å². The zero-order valence-corrected chi connectivity index (χ0v) is 36.8. The van der Waals surface area contributed by atoms with Gasteiger partial charge in [0.05, 0.1) is 18.8 Å². The van der Waals surface area contributed by atoms with E-state index in [0.29, 0.717) is 6.42 Å². The lowest BCUT2D eigenvalue weighted by atomic mass is 10.0. The molecule has 0 spiro atoms. The third-order valence-electron chi connectivity index (χ3n) is 11.4. The van der Waals surface area contributed by atoms with Gasteiger partial charge in [0.15, 0.2) is 0 Å². The Balaban J connectivity index is 3.52. The van der Waals surface area contributed by atoms with Gasteiger partial charge < -0.3 is 15.5 Å². The number of aliphatic hydroxyl groups excluding tert-OH is 2. The zero-order chi connectivity index (χ0) is 39.3. The highest BCUT2D eigenvalue weighted by Gasteiger charge is 2.18. The summed E-state index contributed by atoms with van der Waals surface area (Å²) >= 11 is 0. The molecule has 4 heteroatoms. The monoisotopic (exact) mass is 760 g/mol. The van der Waals surface area contributed by atoms with E-state index in [4.69, 9.17) is 0 Å². The molecule has 2 atom stereocenters. The number of rotatable bonds is 45. The largest absolute Gasteiger partial charge is 0.394 e. The molecule has 0 fully saturated rings. The van der Waals surface area contributed by atoms with Crippen molar-refractivity contribution < 1.29 is 15.0 Å². The molecule has 4 nitrogen and oxygen atoms in total. The third kappa shape index (κ3) is 42.0. The quantitative estimate of drug-likeness (QED) is 0.0428. The number of allylic oxidation sites excluding steroid dienone is 3. The highest BCUT2D eigenvalue weighted by molar-refractivity contribution is 5.76. The number of hydrogen-bond acceptors (Lipinski definition) is 3. The molecule has 0 bridgehead atoms. The molecule has 0 saturated carbocycles. The Morgan fingerprint density at radius 2 is 0.704 bits per heavy atom. The summed E-state index contributed by atoms with van der Waals surface area (Å²) in [6.45, 7) is 4.33. The van der Waals surface area contributed by atoms with Crippen LogP contribution in [0.5, 0.6) is 0 Å². The van der Waals surface area contributed by atoms with E-state index in [2.05, 4.69) is 31.3 Å². The van der Waals surface area contributed by atoms with Gasteiger partial charge in [-0.25, -0.2) is 0 Å². The van der Waals surface area contributed by atoms with Crippen molar-refractivity contribution in [3.05, 3.63) is 24.3 Å². The highest BCUT2D eigenvalue weighted by Crippen LogP contribution is 2.16. The van der Waals surface area contributed by atoms with Gasteiger partial charge >= 0.3 is 0 Å². The summed E-state index contributed by atoms with van der Waals surface area (Å²) in [6.07, 6.45) is 60.2. The fourth-order valence-corrected chi connectivity index (χ4v) is 7.65. The molecule has 0 aliphatic heterocycles. The van der Waals surface area contributed by atoms with Crippen molar-refractivity contribution in [3.63, 3.8) is 0 Å². The number of carbonyl (C=O) groups excluding carboxylic acids is 1. The molecule has 0 aromatic carbocycles. The van der Waals surface area contributed by atoms with E-state index in [9.17, 15) is 15.0 Å². The van der Waals surface area contributed by atoms with Crippen LogP contribution in [0.1, 0.15) is 271 Å². The standard InChI is InChI=1S/C50H97NO3/c1-3-5-7-9-11-13-15-17-19-21-23-24-25-26-27-28-29-31-33-35-37-39-41-43-45-49(53)48(47-52)51-50(54)46-44-42-40-38-36-34-32-30-22-20-18-16-14-12-10-8-6-4-2/h30,32,43,45,48-49,52-53H,3-29,31,33-42,44,46-47H2,1-2H3,(H,51,54)/b32-30-,45-43+. The molecule has 0 radical (unpaired) electrons. The van der Waals surface area contributed by atoms with Crippen molar-refractivity contribution in [1.29, 1.82) is 0 Å². The van der Waals surface area contributed by atoms with Crippen LogP contribution < -0.4 is 5.32 Å². The van der Waals surface area contributed by atoms with Crippen molar-refractivity contribution in [1.82, 2.24) is 5.32 Å². The normalized spacial score (nSPS) is 13.0. The lowest BCUT2D eigenvalue weighted by Crippen LogP contribution is -2.45. The maximum Gasteiger partial charge on any atom is 0.220 e. The van der Waals surface area contributed by atoms with Crippen molar-refractivity contribution in [2.24, 2.45) is 0 Å². The molecule has 0 aliphatic rings. The molecule has 3 N–H and O–H groups in total. The summed E-state index contributed by atoms with van der Waals surface area (Å²) in [6, 6.07) is -0.624. The summed E-state index contributed by atoms with van der Waals surface area (Å²) in [5.74, 6) is -0.0690. The summed E-state index contributed by atoms with van der Waals surface area (Å²) in [5, 5.41) is 23.1. The van der Waals surface area contributed by atoms with E-state index in [-0.39, 0.29) is 12.5 Å².